The van der Waals surface area contributed by atoms with E-state index in [1.54, 1.807) is 0 Å². The van der Waals surface area contributed by atoms with Crippen LogP contribution in [-0.4, -0.2) is 28.0 Å². The Morgan fingerprint density at radius 2 is 2.42 bits per heavy atom. The van der Waals surface area contributed by atoms with Gasteiger partial charge in [0.25, 0.3) is 0 Å². The minimum absolute atomic E-state index is 0.999. The molecule has 0 saturated heterocycles. The molecule has 1 rings (SSSR count). The molecule has 0 aliphatic heterocycles. The van der Waals surface area contributed by atoms with Crippen molar-refractivity contribution in [2.24, 2.45) is 0 Å². The van der Waals surface area contributed by atoms with Crippen LogP contribution in [0.3, 0.4) is 0 Å². The van der Waals surface area contributed by atoms with Gasteiger partial charge in [-0.25, -0.2) is 4.98 Å². The summed E-state index contributed by atoms with van der Waals surface area (Å²) in [6, 6.07) is 0. The zero-order chi connectivity index (χ0) is 8.81. The second-order valence-electron chi connectivity index (χ2n) is 2.61. The van der Waals surface area contributed by atoms with Gasteiger partial charge >= 0.3 is 0 Å². The monoisotopic (exact) mass is 231 g/mol. The molecule has 3 nitrogen and oxygen atoms in total. The van der Waals surface area contributed by atoms with Crippen LogP contribution in [-0.2, 0) is 6.54 Å². The van der Waals surface area contributed by atoms with E-state index in [4.69, 9.17) is 0 Å². The Kier molecular flexibility index (Phi) is 4.32. The van der Waals surface area contributed by atoms with Gasteiger partial charge in [-0.05, 0) is 6.92 Å². The third-order valence-electron chi connectivity index (χ3n) is 1.72. The fraction of sp³-hybridized carbons (Fsp3) is 0.625. The van der Waals surface area contributed by atoms with Gasteiger partial charge < -0.3 is 9.88 Å². The first-order valence-electron chi connectivity index (χ1n) is 4.09. The first-order valence-corrected chi connectivity index (χ1v) is 5.21. The number of hydrogen-bond donors (Lipinski definition) is 1. The summed E-state index contributed by atoms with van der Waals surface area (Å²) in [5.74, 6) is 1.08. The van der Waals surface area contributed by atoms with Crippen molar-refractivity contribution >= 4 is 15.9 Å². The van der Waals surface area contributed by atoms with E-state index in [-0.39, 0.29) is 0 Å². The van der Waals surface area contributed by atoms with E-state index in [1.165, 1.54) is 0 Å². The second-order valence-corrected chi connectivity index (χ2v) is 3.40. The molecule has 1 aromatic rings. The van der Waals surface area contributed by atoms with Crippen molar-refractivity contribution in [1.82, 2.24) is 14.9 Å². The summed E-state index contributed by atoms with van der Waals surface area (Å²) in [7, 11) is 0. The number of nitrogens with zero attached hydrogens (tertiary/aromatic N) is 2. The molecule has 0 aliphatic rings. The Balaban J connectivity index is 2.20. The lowest BCUT2D eigenvalue weighted by molar-refractivity contribution is 0.604. The molecule has 0 radical (unpaired) electrons. The van der Waals surface area contributed by atoms with E-state index in [9.17, 15) is 0 Å². The van der Waals surface area contributed by atoms with E-state index in [2.05, 4.69) is 30.8 Å². The van der Waals surface area contributed by atoms with Crippen LogP contribution in [0.5, 0.6) is 0 Å². The maximum atomic E-state index is 4.14. The van der Waals surface area contributed by atoms with Gasteiger partial charge in [0.1, 0.15) is 5.82 Å². The summed E-state index contributed by atoms with van der Waals surface area (Å²) in [6.07, 6.45) is 3.84. The van der Waals surface area contributed by atoms with Crippen molar-refractivity contribution in [3.8, 4) is 0 Å². The van der Waals surface area contributed by atoms with Gasteiger partial charge in [0.2, 0.25) is 0 Å². The molecule has 0 atom stereocenters. The molecule has 1 aromatic heterocycles. The summed E-state index contributed by atoms with van der Waals surface area (Å²) in [5, 5.41) is 4.31. The van der Waals surface area contributed by atoms with Crippen molar-refractivity contribution < 1.29 is 0 Å². The third-order valence-corrected chi connectivity index (χ3v) is 2.12. The van der Waals surface area contributed by atoms with Crippen molar-refractivity contribution in [3.05, 3.63) is 18.2 Å². The van der Waals surface area contributed by atoms with Crippen LogP contribution in [0, 0.1) is 6.92 Å². The SMILES string of the molecule is Cc1nccn1CCNCCBr. The normalized spacial score (nSPS) is 10.5. The Morgan fingerprint density at radius 1 is 1.58 bits per heavy atom. The van der Waals surface area contributed by atoms with E-state index in [0.717, 1.165) is 30.8 Å². The van der Waals surface area contributed by atoms with Gasteiger partial charge in [-0.15, -0.1) is 0 Å². The third kappa shape index (κ3) is 2.95. The smallest absolute Gasteiger partial charge is 0.105 e. The standard InChI is InChI=1S/C8H14BrN3/c1-8-11-5-7-12(8)6-4-10-3-2-9/h5,7,10H,2-4,6H2,1H3. The molecule has 0 bridgehead atoms. The topological polar surface area (TPSA) is 29.9 Å². The molecular weight excluding hydrogens is 218 g/mol. The van der Waals surface area contributed by atoms with E-state index in [0.29, 0.717) is 0 Å². The maximum absolute atomic E-state index is 4.14. The number of rotatable bonds is 5. The Bertz CT molecular complexity index is 222. The van der Waals surface area contributed by atoms with Crippen molar-refractivity contribution in [1.29, 1.82) is 0 Å². The molecule has 0 spiro atoms. The summed E-state index contributed by atoms with van der Waals surface area (Å²) >= 11 is 3.36. The Morgan fingerprint density at radius 3 is 3.00 bits per heavy atom. The zero-order valence-corrected chi connectivity index (χ0v) is 8.84. The molecular formula is C8H14BrN3. The average molecular weight is 232 g/mol. The highest BCUT2D eigenvalue weighted by molar-refractivity contribution is 9.09. The van der Waals surface area contributed by atoms with Crippen LogP contribution in [0.1, 0.15) is 5.82 Å². The van der Waals surface area contributed by atoms with Crippen molar-refractivity contribution in [2.75, 3.05) is 18.4 Å². The highest BCUT2D eigenvalue weighted by Crippen LogP contribution is 1.93. The van der Waals surface area contributed by atoms with Crippen molar-refractivity contribution in [3.63, 3.8) is 0 Å². The molecule has 0 aliphatic carbocycles. The summed E-state index contributed by atoms with van der Waals surface area (Å²) in [6.45, 7) is 5.04. The number of aromatic nitrogens is 2. The number of hydrogen-bond acceptors (Lipinski definition) is 2. The zero-order valence-electron chi connectivity index (χ0n) is 7.26. The minimum atomic E-state index is 0.999. The van der Waals surface area contributed by atoms with Crippen LogP contribution >= 0.6 is 15.9 Å². The van der Waals surface area contributed by atoms with Gasteiger partial charge in [0.05, 0.1) is 0 Å². The summed E-state index contributed by atoms with van der Waals surface area (Å²) in [4.78, 5) is 4.14. The molecule has 68 valence electrons. The van der Waals surface area contributed by atoms with Gasteiger partial charge in [0.15, 0.2) is 0 Å². The molecule has 4 heteroatoms. The van der Waals surface area contributed by atoms with Crippen LogP contribution in [0.4, 0.5) is 0 Å². The second kappa shape index (κ2) is 5.32. The molecule has 1 N–H and O–H groups in total. The lowest BCUT2D eigenvalue weighted by Crippen LogP contribution is -2.21. The lowest BCUT2D eigenvalue weighted by atomic mass is 10.5. The molecule has 0 unspecified atom stereocenters. The first kappa shape index (κ1) is 9.74. The molecule has 0 fully saturated rings. The lowest BCUT2D eigenvalue weighted by Gasteiger charge is -2.04. The van der Waals surface area contributed by atoms with Crippen LogP contribution in [0.15, 0.2) is 12.4 Å². The van der Waals surface area contributed by atoms with Crippen LogP contribution in [0.2, 0.25) is 0 Å². The number of aryl methyl sites for hydroxylation is 1. The first-order chi connectivity index (χ1) is 5.84. The molecule has 0 aromatic carbocycles. The Labute approximate surface area is 81.3 Å². The molecule has 0 saturated carbocycles. The van der Waals surface area contributed by atoms with Crippen LogP contribution < -0.4 is 5.32 Å². The number of nitrogens with one attached hydrogen (secondary N) is 1. The largest absolute Gasteiger partial charge is 0.334 e. The van der Waals surface area contributed by atoms with Gasteiger partial charge in [-0.2, -0.15) is 0 Å². The fourth-order valence-corrected chi connectivity index (χ4v) is 1.31. The summed E-state index contributed by atoms with van der Waals surface area (Å²) < 4.78 is 2.14. The molecule has 12 heavy (non-hydrogen) atoms. The maximum Gasteiger partial charge on any atom is 0.105 e. The van der Waals surface area contributed by atoms with E-state index >= 15 is 0 Å². The number of halogens is 1. The summed E-state index contributed by atoms with van der Waals surface area (Å²) in [5.41, 5.74) is 0. The fourth-order valence-electron chi connectivity index (χ4n) is 1.03. The quantitative estimate of drug-likeness (QED) is 0.610. The average Bonchev–Trinajstić information content (AvgIpc) is 2.46. The van der Waals surface area contributed by atoms with Gasteiger partial charge in [-0.1, -0.05) is 15.9 Å². The van der Waals surface area contributed by atoms with E-state index < -0.39 is 0 Å². The predicted molar refractivity (Wildman–Crippen MR) is 53.6 cm³/mol. The number of alkyl halides is 1. The highest BCUT2D eigenvalue weighted by Gasteiger charge is 1.94. The van der Waals surface area contributed by atoms with Crippen molar-refractivity contribution in [2.45, 2.75) is 13.5 Å². The number of imidazole rings is 1. The highest BCUT2D eigenvalue weighted by atomic mass is 79.9. The molecule has 0 amide bonds. The van der Waals surface area contributed by atoms with Crippen LogP contribution in [0.25, 0.3) is 0 Å². The van der Waals surface area contributed by atoms with Gasteiger partial charge in [0, 0.05) is 37.4 Å². The van der Waals surface area contributed by atoms with E-state index in [1.807, 2.05) is 19.3 Å². The molecule has 1 heterocycles. The predicted octanol–water partition coefficient (Wildman–Crippen LogP) is 1.18. The van der Waals surface area contributed by atoms with Gasteiger partial charge in [-0.3, -0.25) is 0 Å². The minimum Gasteiger partial charge on any atom is -0.334 e. The Hall–Kier alpha value is -0.350.